The highest BCUT2D eigenvalue weighted by Gasteiger charge is 2.21. The number of benzene rings is 1. The van der Waals surface area contributed by atoms with Crippen LogP contribution < -0.4 is 14.8 Å². The molecule has 1 aliphatic rings. The van der Waals surface area contributed by atoms with Crippen LogP contribution in [0.3, 0.4) is 0 Å². The fourth-order valence-corrected chi connectivity index (χ4v) is 2.79. The third-order valence-electron chi connectivity index (χ3n) is 3.90. The normalized spacial score (nSPS) is 16.4. The summed E-state index contributed by atoms with van der Waals surface area (Å²) < 4.78 is 13.7. The van der Waals surface area contributed by atoms with E-state index in [1.54, 1.807) is 0 Å². The molecule has 0 amide bonds. The Hall–Kier alpha value is -2.01. The van der Waals surface area contributed by atoms with Crippen molar-refractivity contribution < 1.29 is 9.47 Å². The monoisotopic (exact) mass is 301 g/mol. The van der Waals surface area contributed by atoms with Gasteiger partial charge in [0.2, 0.25) is 0 Å². The lowest BCUT2D eigenvalue weighted by Crippen LogP contribution is -2.16. The number of rotatable bonds is 6. The molecule has 0 saturated heterocycles. The minimum Gasteiger partial charge on any atom is -0.494 e. The molecule has 2 aromatic rings. The van der Waals surface area contributed by atoms with Gasteiger partial charge < -0.3 is 19.4 Å². The molecule has 1 atom stereocenters. The summed E-state index contributed by atoms with van der Waals surface area (Å²) in [6, 6.07) is 4.23. The smallest absolute Gasteiger partial charge is 0.124 e. The van der Waals surface area contributed by atoms with Gasteiger partial charge in [-0.2, -0.15) is 0 Å². The van der Waals surface area contributed by atoms with E-state index in [0.29, 0.717) is 6.61 Å². The number of hydrogen-bond acceptors (Lipinski definition) is 4. The molecule has 0 radical (unpaired) electrons. The molecule has 2 heterocycles. The molecule has 3 rings (SSSR count). The van der Waals surface area contributed by atoms with Gasteiger partial charge in [-0.25, -0.2) is 4.98 Å². The zero-order valence-corrected chi connectivity index (χ0v) is 13.4. The molecular weight excluding hydrogens is 278 g/mol. The second kappa shape index (κ2) is 6.40. The van der Waals surface area contributed by atoms with E-state index >= 15 is 0 Å². The zero-order valence-electron chi connectivity index (χ0n) is 13.4. The van der Waals surface area contributed by atoms with Crippen LogP contribution in [0.4, 0.5) is 0 Å². The standard InChI is InChI=1S/C17H23N3O2/c1-4-21-15-8-13-7-12(2)22-16(13)9-14(15)10-18-11-17-19-5-6-20(17)3/h5-6,8-9,12,18H,4,7,10-11H2,1-3H3. The Balaban J connectivity index is 1.72. The minimum absolute atomic E-state index is 0.250. The summed E-state index contributed by atoms with van der Waals surface area (Å²) in [7, 11) is 2.00. The predicted octanol–water partition coefficient (Wildman–Crippen LogP) is 2.43. The molecule has 1 aromatic carbocycles. The van der Waals surface area contributed by atoms with Gasteiger partial charge in [-0.1, -0.05) is 0 Å². The largest absolute Gasteiger partial charge is 0.494 e. The van der Waals surface area contributed by atoms with Crippen LogP contribution in [0.5, 0.6) is 11.5 Å². The Kier molecular flexibility index (Phi) is 4.34. The summed E-state index contributed by atoms with van der Waals surface area (Å²) in [4.78, 5) is 4.32. The molecule has 0 saturated carbocycles. The van der Waals surface area contributed by atoms with Crippen molar-refractivity contribution in [2.75, 3.05) is 6.61 Å². The van der Waals surface area contributed by atoms with Gasteiger partial charge in [0.1, 0.15) is 23.4 Å². The highest BCUT2D eigenvalue weighted by Crippen LogP contribution is 2.35. The molecule has 5 heteroatoms. The van der Waals surface area contributed by atoms with Crippen molar-refractivity contribution in [3.8, 4) is 11.5 Å². The van der Waals surface area contributed by atoms with Crippen molar-refractivity contribution in [3.63, 3.8) is 0 Å². The van der Waals surface area contributed by atoms with Crippen LogP contribution in [0.25, 0.3) is 0 Å². The fourth-order valence-electron chi connectivity index (χ4n) is 2.79. The quantitative estimate of drug-likeness (QED) is 0.890. The molecule has 0 aliphatic carbocycles. The third kappa shape index (κ3) is 3.09. The van der Waals surface area contributed by atoms with Gasteiger partial charge in [0.25, 0.3) is 0 Å². The first-order valence-corrected chi connectivity index (χ1v) is 7.79. The maximum absolute atomic E-state index is 5.85. The fraction of sp³-hybridized carbons (Fsp3) is 0.471. The van der Waals surface area contributed by atoms with Crippen molar-refractivity contribution in [2.45, 2.75) is 39.5 Å². The van der Waals surface area contributed by atoms with Crippen LogP contribution in [0.2, 0.25) is 0 Å². The van der Waals surface area contributed by atoms with E-state index in [4.69, 9.17) is 9.47 Å². The Morgan fingerprint density at radius 2 is 2.27 bits per heavy atom. The molecule has 118 valence electrons. The third-order valence-corrected chi connectivity index (χ3v) is 3.90. The number of nitrogens with one attached hydrogen (secondary N) is 1. The average molecular weight is 301 g/mol. The van der Waals surface area contributed by atoms with E-state index < -0.39 is 0 Å². The van der Waals surface area contributed by atoms with Gasteiger partial charge in [-0.05, 0) is 26.0 Å². The van der Waals surface area contributed by atoms with E-state index in [0.717, 1.165) is 42.4 Å². The summed E-state index contributed by atoms with van der Waals surface area (Å²) in [5, 5.41) is 3.43. The summed E-state index contributed by atoms with van der Waals surface area (Å²) in [5.41, 5.74) is 2.37. The maximum Gasteiger partial charge on any atom is 0.124 e. The van der Waals surface area contributed by atoms with Gasteiger partial charge in [0.05, 0.1) is 13.2 Å². The van der Waals surface area contributed by atoms with Crippen LogP contribution in [0, 0.1) is 0 Å². The summed E-state index contributed by atoms with van der Waals surface area (Å²) in [6.45, 7) is 6.23. The molecule has 1 unspecified atom stereocenters. The summed E-state index contributed by atoms with van der Waals surface area (Å²) in [6.07, 6.45) is 4.97. The summed E-state index contributed by atoms with van der Waals surface area (Å²) >= 11 is 0. The number of imidazole rings is 1. The van der Waals surface area contributed by atoms with Gasteiger partial charge in [-0.3, -0.25) is 0 Å². The maximum atomic E-state index is 5.85. The van der Waals surface area contributed by atoms with Crippen LogP contribution in [0.1, 0.15) is 30.8 Å². The highest BCUT2D eigenvalue weighted by atomic mass is 16.5. The first-order valence-electron chi connectivity index (χ1n) is 7.79. The molecule has 0 fully saturated rings. The number of aryl methyl sites for hydroxylation is 1. The zero-order chi connectivity index (χ0) is 15.5. The molecule has 1 N–H and O–H groups in total. The Bertz CT molecular complexity index is 651. The van der Waals surface area contributed by atoms with Crippen molar-refractivity contribution in [1.82, 2.24) is 14.9 Å². The lowest BCUT2D eigenvalue weighted by atomic mass is 10.1. The minimum atomic E-state index is 0.250. The lowest BCUT2D eigenvalue weighted by molar-refractivity contribution is 0.254. The van der Waals surface area contributed by atoms with Gasteiger partial charge in [0.15, 0.2) is 0 Å². The molecule has 0 spiro atoms. The number of hydrogen-bond donors (Lipinski definition) is 1. The van der Waals surface area contributed by atoms with Gasteiger partial charge >= 0.3 is 0 Å². The first-order chi connectivity index (χ1) is 10.7. The van der Waals surface area contributed by atoms with Crippen molar-refractivity contribution in [2.24, 2.45) is 7.05 Å². The number of nitrogens with zero attached hydrogens (tertiary/aromatic N) is 2. The molecule has 5 nitrogen and oxygen atoms in total. The van der Waals surface area contributed by atoms with Crippen molar-refractivity contribution >= 4 is 0 Å². The van der Waals surface area contributed by atoms with Crippen LogP contribution in [0.15, 0.2) is 24.5 Å². The predicted molar refractivity (Wildman–Crippen MR) is 85.2 cm³/mol. The van der Waals surface area contributed by atoms with E-state index in [1.807, 2.05) is 30.9 Å². The van der Waals surface area contributed by atoms with Crippen molar-refractivity contribution in [1.29, 1.82) is 0 Å². The highest BCUT2D eigenvalue weighted by molar-refractivity contribution is 5.48. The van der Waals surface area contributed by atoms with E-state index in [2.05, 4.69) is 29.4 Å². The molecule has 1 aromatic heterocycles. The first kappa shape index (κ1) is 14.9. The van der Waals surface area contributed by atoms with E-state index in [9.17, 15) is 0 Å². The Morgan fingerprint density at radius 1 is 1.41 bits per heavy atom. The number of fused-ring (bicyclic) bond motifs is 1. The van der Waals surface area contributed by atoms with E-state index in [-0.39, 0.29) is 6.10 Å². The van der Waals surface area contributed by atoms with Crippen molar-refractivity contribution in [3.05, 3.63) is 41.5 Å². The molecular formula is C17H23N3O2. The topological polar surface area (TPSA) is 48.3 Å². The van der Waals surface area contributed by atoms with Gasteiger partial charge in [-0.15, -0.1) is 0 Å². The molecule has 0 bridgehead atoms. The van der Waals surface area contributed by atoms with E-state index in [1.165, 1.54) is 5.56 Å². The molecule has 1 aliphatic heterocycles. The number of aromatic nitrogens is 2. The van der Waals surface area contributed by atoms with Gasteiger partial charge in [0, 0.05) is 43.5 Å². The van der Waals surface area contributed by atoms with Crippen LogP contribution in [-0.2, 0) is 26.6 Å². The molecule has 22 heavy (non-hydrogen) atoms. The number of ether oxygens (including phenoxy) is 2. The van der Waals surface area contributed by atoms with Crippen LogP contribution in [-0.4, -0.2) is 22.3 Å². The summed E-state index contributed by atoms with van der Waals surface area (Å²) in [5.74, 6) is 2.96. The second-order valence-electron chi connectivity index (χ2n) is 5.69. The second-order valence-corrected chi connectivity index (χ2v) is 5.69. The Morgan fingerprint density at radius 3 is 3.00 bits per heavy atom. The average Bonchev–Trinajstić information content (AvgIpc) is 3.04. The lowest BCUT2D eigenvalue weighted by Gasteiger charge is -2.13. The SMILES string of the molecule is CCOc1cc2c(cc1CNCc1nccn1C)OC(C)C2. The Labute approximate surface area is 131 Å². The van der Waals surface area contributed by atoms with Crippen LogP contribution >= 0.6 is 0 Å².